The van der Waals surface area contributed by atoms with Gasteiger partial charge in [0, 0.05) is 13.2 Å². The zero-order valence-electron chi connectivity index (χ0n) is 13.5. The van der Waals surface area contributed by atoms with E-state index in [0.29, 0.717) is 6.61 Å². The van der Waals surface area contributed by atoms with Crippen molar-refractivity contribution in [3.8, 4) is 11.5 Å². The Morgan fingerprint density at radius 2 is 1.96 bits per heavy atom. The third kappa shape index (κ3) is 5.99. The number of benzene rings is 1. The number of hydrogen-bond donors (Lipinski definition) is 1. The van der Waals surface area contributed by atoms with Crippen molar-refractivity contribution >= 4 is 11.9 Å². The second-order valence-electron chi connectivity index (χ2n) is 4.72. The minimum Gasteiger partial charge on any atom is -0.493 e. The Hall–Kier alpha value is -2.42. The number of alkyl halides is 2. The Morgan fingerprint density at radius 1 is 1.25 bits per heavy atom. The van der Waals surface area contributed by atoms with E-state index in [-0.39, 0.29) is 17.4 Å². The summed E-state index contributed by atoms with van der Waals surface area (Å²) in [6, 6.07) is 3.73. The molecule has 9 heteroatoms. The zero-order valence-corrected chi connectivity index (χ0v) is 13.5. The minimum atomic E-state index is -3.15. The average molecular weight is 347 g/mol. The zero-order chi connectivity index (χ0) is 18.1. The maximum atomic E-state index is 12.5. The summed E-state index contributed by atoms with van der Waals surface area (Å²) in [5.74, 6) is -2.04. The van der Waals surface area contributed by atoms with Gasteiger partial charge in [0.25, 0.3) is 5.91 Å². The molecule has 1 atom stereocenters. The Kier molecular flexibility index (Phi) is 7.90. The number of esters is 1. The third-order valence-corrected chi connectivity index (χ3v) is 2.78. The second kappa shape index (κ2) is 9.66. The van der Waals surface area contributed by atoms with Gasteiger partial charge in [0.2, 0.25) is 0 Å². The molecule has 0 saturated carbocycles. The molecule has 1 aromatic rings. The van der Waals surface area contributed by atoms with Gasteiger partial charge in [-0.25, -0.2) is 4.79 Å². The summed E-state index contributed by atoms with van der Waals surface area (Å²) in [6.45, 7) is -1.72. The van der Waals surface area contributed by atoms with Gasteiger partial charge in [-0.2, -0.15) is 8.78 Å². The number of para-hydroxylation sites is 1. The van der Waals surface area contributed by atoms with Crippen molar-refractivity contribution in [2.75, 3.05) is 27.4 Å². The summed E-state index contributed by atoms with van der Waals surface area (Å²) in [6.07, 6.45) is 0. The quantitative estimate of drug-likeness (QED) is 0.683. The minimum absolute atomic E-state index is 0.0529. The molecule has 134 valence electrons. The highest BCUT2D eigenvalue weighted by Gasteiger charge is 2.22. The van der Waals surface area contributed by atoms with Crippen molar-refractivity contribution in [3.05, 3.63) is 23.8 Å². The maximum Gasteiger partial charge on any atom is 0.387 e. The molecule has 0 bridgehead atoms. The van der Waals surface area contributed by atoms with Gasteiger partial charge in [0.15, 0.2) is 18.1 Å². The SMILES string of the molecule is COCC(C)NC(=O)COC(=O)c1cccc(OC)c1OC(F)F. The lowest BCUT2D eigenvalue weighted by atomic mass is 10.2. The van der Waals surface area contributed by atoms with Crippen LogP contribution in [-0.4, -0.2) is 52.0 Å². The van der Waals surface area contributed by atoms with Crippen LogP contribution in [0, 0.1) is 0 Å². The summed E-state index contributed by atoms with van der Waals surface area (Å²) >= 11 is 0. The monoisotopic (exact) mass is 347 g/mol. The number of hydrogen-bond acceptors (Lipinski definition) is 6. The standard InChI is InChI=1S/C15H19F2NO6/c1-9(7-21-2)18-12(19)8-23-14(20)10-5-4-6-11(22-3)13(10)24-15(16)17/h4-6,9,15H,7-8H2,1-3H3,(H,18,19). The number of methoxy groups -OCH3 is 2. The van der Waals surface area contributed by atoms with Crippen LogP contribution in [-0.2, 0) is 14.3 Å². The van der Waals surface area contributed by atoms with Gasteiger partial charge in [0.1, 0.15) is 5.56 Å². The van der Waals surface area contributed by atoms with Gasteiger partial charge in [0.05, 0.1) is 13.7 Å². The molecule has 1 rings (SSSR count). The highest BCUT2D eigenvalue weighted by Crippen LogP contribution is 2.32. The molecule has 24 heavy (non-hydrogen) atoms. The van der Waals surface area contributed by atoms with E-state index in [9.17, 15) is 18.4 Å². The van der Waals surface area contributed by atoms with Crippen LogP contribution in [0.1, 0.15) is 17.3 Å². The van der Waals surface area contributed by atoms with E-state index in [1.807, 2.05) is 0 Å². The van der Waals surface area contributed by atoms with Gasteiger partial charge in [-0.15, -0.1) is 0 Å². The lowest BCUT2D eigenvalue weighted by Crippen LogP contribution is -2.38. The smallest absolute Gasteiger partial charge is 0.387 e. The van der Waals surface area contributed by atoms with Crippen molar-refractivity contribution in [3.63, 3.8) is 0 Å². The molecular formula is C15H19F2NO6. The molecule has 0 aliphatic heterocycles. The Morgan fingerprint density at radius 3 is 2.54 bits per heavy atom. The van der Waals surface area contributed by atoms with Gasteiger partial charge < -0.3 is 24.3 Å². The first-order valence-corrected chi connectivity index (χ1v) is 6.96. The van der Waals surface area contributed by atoms with Crippen molar-refractivity contribution < 1.29 is 37.3 Å². The topological polar surface area (TPSA) is 83.1 Å². The molecule has 0 aliphatic carbocycles. The van der Waals surface area contributed by atoms with E-state index in [1.54, 1.807) is 6.92 Å². The summed E-state index contributed by atoms with van der Waals surface area (Å²) in [5, 5.41) is 2.54. The number of carbonyl (C=O) groups is 2. The van der Waals surface area contributed by atoms with E-state index in [0.717, 1.165) is 0 Å². The van der Waals surface area contributed by atoms with Crippen molar-refractivity contribution in [1.29, 1.82) is 0 Å². The van der Waals surface area contributed by atoms with Gasteiger partial charge in [-0.05, 0) is 19.1 Å². The molecule has 1 aromatic carbocycles. The number of nitrogens with one attached hydrogen (secondary N) is 1. The first kappa shape index (κ1) is 19.6. The number of carbonyl (C=O) groups excluding carboxylic acids is 2. The van der Waals surface area contributed by atoms with Crippen LogP contribution in [0.2, 0.25) is 0 Å². The van der Waals surface area contributed by atoms with Crippen LogP contribution in [0.5, 0.6) is 11.5 Å². The first-order valence-electron chi connectivity index (χ1n) is 6.96. The third-order valence-electron chi connectivity index (χ3n) is 2.78. The van der Waals surface area contributed by atoms with Gasteiger partial charge >= 0.3 is 12.6 Å². The summed E-state index contributed by atoms with van der Waals surface area (Å²) in [4.78, 5) is 23.7. The number of halogens is 2. The molecule has 7 nitrogen and oxygen atoms in total. The molecule has 0 aliphatic rings. The van der Waals surface area contributed by atoms with Crippen LogP contribution < -0.4 is 14.8 Å². The van der Waals surface area contributed by atoms with E-state index in [4.69, 9.17) is 14.2 Å². The van der Waals surface area contributed by atoms with Gasteiger partial charge in [-0.1, -0.05) is 6.07 Å². The summed E-state index contributed by atoms with van der Waals surface area (Å²) < 4.78 is 43.9. The number of ether oxygens (including phenoxy) is 4. The Balaban J connectivity index is 2.75. The van der Waals surface area contributed by atoms with E-state index < -0.39 is 30.8 Å². The molecule has 0 spiro atoms. The lowest BCUT2D eigenvalue weighted by Gasteiger charge is -2.15. The van der Waals surface area contributed by atoms with E-state index in [2.05, 4.69) is 10.1 Å². The lowest BCUT2D eigenvalue weighted by molar-refractivity contribution is -0.125. The molecule has 0 heterocycles. The predicted molar refractivity (Wildman–Crippen MR) is 79.4 cm³/mol. The maximum absolute atomic E-state index is 12.5. The van der Waals surface area contributed by atoms with E-state index >= 15 is 0 Å². The number of amides is 1. The number of rotatable bonds is 9. The van der Waals surface area contributed by atoms with Crippen molar-refractivity contribution in [1.82, 2.24) is 5.32 Å². The molecule has 0 fully saturated rings. The Labute approximate surface area is 137 Å². The van der Waals surface area contributed by atoms with Crippen LogP contribution >= 0.6 is 0 Å². The summed E-state index contributed by atoms with van der Waals surface area (Å²) in [5.41, 5.74) is -0.271. The first-order chi connectivity index (χ1) is 11.4. The van der Waals surface area contributed by atoms with E-state index in [1.165, 1.54) is 32.4 Å². The molecule has 1 amide bonds. The fourth-order valence-corrected chi connectivity index (χ4v) is 1.86. The second-order valence-corrected chi connectivity index (χ2v) is 4.72. The van der Waals surface area contributed by atoms with Crippen LogP contribution in [0.25, 0.3) is 0 Å². The summed E-state index contributed by atoms with van der Waals surface area (Å²) in [7, 11) is 2.73. The van der Waals surface area contributed by atoms with Gasteiger partial charge in [-0.3, -0.25) is 4.79 Å². The fourth-order valence-electron chi connectivity index (χ4n) is 1.86. The highest BCUT2D eigenvalue weighted by atomic mass is 19.3. The molecule has 0 saturated heterocycles. The van der Waals surface area contributed by atoms with Crippen LogP contribution in [0.3, 0.4) is 0 Å². The molecule has 0 radical (unpaired) electrons. The predicted octanol–water partition coefficient (Wildman–Crippen LogP) is 1.60. The Bertz CT molecular complexity index is 567. The van der Waals surface area contributed by atoms with Crippen molar-refractivity contribution in [2.45, 2.75) is 19.6 Å². The van der Waals surface area contributed by atoms with Crippen molar-refractivity contribution in [2.24, 2.45) is 0 Å². The molecular weight excluding hydrogens is 328 g/mol. The molecule has 0 aromatic heterocycles. The highest BCUT2D eigenvalue weighted by molar-refractivity contribution is 5.95. The average Bonchev–Trinajstić information content (AvgIpc) is 2.52. The molecule has 1 unspecified atom stereocenters. The largest absolute Gasteiger partial charge is 0.493 e. The molecule has 1 N–H and O–H groups in total. The van der Waals surface area contributed by atoms with Crippen LogP contribution in [0.15, 0.2) is 18.2 Å². The van der Waals surface area contributed by atoms with Crippen LogP contribution in [0.4, 0.5) is 8.78 Å². The fraction of sp³-hybridized carbons (Fsp3) is 0.467. The normalized spacial score (nSPS) is 11.8.